The summed E-state index contributed by atoms with van der Waals surface area (Å²) in [6.07, 6.45) is 2.17. The van der Waals surface area contributed by atoms with Crippen LogP contribution in [0.5, 0.6) is 5.75 Å². The Morgan fingerprint density at radius 2 is 1.60 bits per heavy atom. The zero-order chi connectivity index (χ0) is 22.3. The SMILES string of the molecule is CCOc1ccc(N([C@H](CC)C(=O)N[C@H](CC)c2ccc(C)cc2)S(C)(=O)=O)cc1. The maximum Gasteiger partial charge on any atom is 0.244 e. The normalized spacial score (nSPS) is 13.4. The van der Waals surface area contributed by atoms with E-state index < -0.39 is 16.1 Å². The van der Waals surface area contributed by atoms with Crippen LogP contribution >= 0.6 is 0 Å². The standard InChI is InChI=1S/C23H32N2O4S/c1-6-21(18-11-9-17(4)10-12-18)24-23(26)22(7-2)25(30(5,27)28)19-13-15-20(16-14-19)29-8-3/h9-16,21-22H,6-8H2,1-5H3,(H,24,26)/t21-,22-/m1/s1. The van der Waals surface area contributed by atoms with Crippen LogP contribution in [0.1, 0.15) is 50.8 Å². The second kappa shape index (κ2) is 10.5. The molecule has 0 aliphatic heterocycles. The van der Waals surface area contributed by atoms with Crippen LogP contribution < -0.4 is 14.4 Å². The number of hydrogen-bond donors (Lipinski definition) is 1. The molecular formula is C23H32N2O4S. The third-order valence-electron chi connectivity index (χ3n) is 4.94. The predicted octanol–water partition coefficient (Wildman–Crippen LogP) is 4.21. The molecule has 0 heterocycles. The van der Waals surface area contributed by atoms with Gasteiger partial charge < -0.3 is 10.1 Å². The first kappa shape index (κ1) is 23.7. The van der Waals surface area contributed by atoms with Crippen molar-refractivity contribution in [3.05, 3.63) is 59.7 Å². The number of nitrogens with zero attached hydrogens (tertiary/aromatic N) is 1. The number of carbonyl (C=O) groups excluding carboxylic acids is 1. The van der Waals surface area contributed by atoms with Crippen molar-refractivity contribution in [2.45, 2.75) is 52.6 Å². The largest absolute Gasteiger partial charge is 0.494 e. The van der Waals surface area contributed by atoms with Crippen LogP contribution in [-0.4, -0.2) is 33.2 Å². The van der Waals surface area contributed by atoms with Crippen molar-refractivity contribution in [2.24, 2.45) is 0 Å². The number of carbonyl (C=O) groups is 1. The molecule has 0 unspecified atom stereocenters. The number of ether oxygens (including phenoxy) is 1. The first-order valence-corrected chi connectivity index (χ1v) is 12.1. The average Bonchev–Trinajstić information content (AvgIpc) is 2.71. The van der Waals surface area contributed by atoms with Crippen molar-refractivity contribution < 1.29 is 17.9 Å². The smallest absolute Gasteiger partial charge is 0.244 e. The lowest BCUT2D eigenvalue weighted by atomic mass is 10.0. The summed E-state index contributed by atoms with van der Waals surface area (Å²) < 4.78 is 31.9. The summed E-state index contributed by atoms with van der Waals surface area (Å²) >= 11 is 0. The number of rotatable bonds is 10. The first-order chi connectivity index (χ1) is 14.2. The Labute approximate surface area is 180 Å². The highest BCUT2D eigenvalue weighted by atomic mass is 32.2. The minimum atomic E-state index is -3.68. The van der Waals surface area contributed by atoms with E-state index >= 15 is 0 Å². The Bertz CT molecular complexity index is 925. The first-order valence-electron chi connectivity index (χ1n) is 10.3. The fraction of sp³-hybridized carbons (Fsp3) is 0.435. The molecule has 0 radical (unpaired) electrons. The van der Waals surface area contributed by atoms with Crippen LogP contribution in [0, 0.1) is 6.92 Å². The molecule has 7 heteroatoms. The van der Waals surface area contributed by atoms with Gasteiger partial charge in [-0.3, -0.25) is 9.10 Å². The summed E-state index contributed by atoms with van der Waals surface area (Å²) in [6.45, 7) is 8.21. The van der Waals surface area contributed by atoms with Gasteiger partial charge in [0.05, 0.1) is 24.6 Å². The second-order valence-corrected chi connectivity index (χ2v) is 9.15. The Kier molecular flexibility index (Phi) is 8.29. The summed E-state index contributed by atoms with van der Waals surface area (Å²) in [7, 11) is -3.68. The fourth-order valence-corrected chi connectivity index (χ4v) is 4.62. The van der Waals surface area contributed by atoms with E-state index in [9.17, 15) is 13.2 Å². The minimum Gasteiger partial charge on any atom is -0.494 e. The van der Waals surface area contributed by atoms with Gasteiger partial charge in [-0.05, 0) is 56.5 Å². The van der Waals surface area contributed by atoms with E-state index in [1.807, 2.05) is 52.0 Å². The highest BCUT2D eigenvalue weighted by Gasteiger charge is 2.32. The second-order valence-electron chi connectivity index (χ2n) is 7.29. The maximum atomic E-state index is 13.2. The van der Waals surface area contributed by atoms with Gasteiger partial charge >= 0.3 is 0 Å². The third-order valence-corrected chi connectivity index (χ3v) is 6.12. The zero-order valence-electron chi connectivity index (χ0n) is 18.4. The molecule has 2 rings (SSSR count). The Morgan fingerprint density at radius 1 is 1.00 bits per heavy atom. The van der Waals surface area contributed by atoms with Crippen LogP contribution in [-0.2, 0) is 14.8 Å². The van der Waals surface area contributed by atoms with E-state index in [1.54, 1.807) is 24.3 Å². The lowest BCUT2D eigenvalue weighted by molar-refractivity contribution is -0.123. The van der Waals surface area contributed by atoms with Gasteiger partial charge in [-0.15, -0.1) is 0 Å². The van der Waals surface area contributed by atoms with Crippen LogP contribution in [0.15, 0.2) is 48.5 Å². The molecule has 0 aliphatic rings. The molecule has 0 aliphatic carbocycles. The Hall–Kier alpha value is -2.54. The monoisotopic (exact) mass is 432 g/mol. The van der Waals surface area contributed by atoms with Crippen molar-refractivity contribution in [1.29, 1.82) is 0 Å². The molecule has 0 aromatic heterocycles. The number of amides is 1. The lowest BCUT2D eigenvalue weighted by Crippen LogP contribution is -2.50. The molecule has 30 heavy (non-hydrogen) atoms. The van der Waals surface area contributed by atoms with Crippen molar-refractivity contribution in [3.8, 4) is 5.75 Å². The number of aryl methyl sites for hydroxylation is 1. The number of hydrogen-bond acceptors (Lipinski definition) is 4. The molecule has 0 bridgehead atoms. The van der Waals surface area contributed by atoms with Crippen molar-refractivity contribution in [3.63, 3.8) is 0 Å². The van der Waals surface area contributed by atoms with Gasteiger partial charge in [0.1, 0.15) is 11.8 Å². The summed E-state index contributed by atoms with van der Waals surface area (Å²) in [6, 6.07) is 13.7. The van der Waals surface area contributed by atoms with Crippen LogP contribution in [0.4, 0.5) is 5.69 Å². The summed E-state index contributed by atoms with van der Waals surface area (Å²) in [5, 5.41) is 3.04. The van der Waals surface area contributed by atoms with Gasteiger partial charge in [-0.1, -0.05) is 43.7 Å². The molecule has 2 aromatic carbocycles. The van der Waals surface area contributed by atoms with E-state index in [-0.39, 0.29) is 11.9 Å². The molecule has 1 N–H and O–H groups in total. The number of sulfonamides is 1. The van der Waals surface area contributed by atoms with E-state index in [1.165, 1.54) is 4.31 Å². The van der Waals surface area contributed by atoms with Crippen molar-refractivity contribution >= 4 is 21.6 Å². The van der Waals surface area contributed by atoms with Gasteiger partial charge in [0.2, 0.25) is 15.9 Å². The van der Waals surface area contributed by atoms with Crippen molar-refractivity contribution in [2.75, 3.05) is 17.2 Å². The lowest BCUT2D eigenvalue weighted by Gasteiger charge is -2.31. The summed E-state index contributed by atoms with van der Waals surface area (Å²) in [5.74, 6) is 0.335. The molecule has 0 spiro atoms. The molecular weight excluding hydrogens is 400 g/mol. The van der Waals surface area contributed by atoms with Gasteiger partial charge in [0.25, 0.3) is 0 Å². The highest BCUT2D eigenvalue weighted by molar-refractivity contribution is 7.92. The van der Waals surface area contributed by atoms with Gasteiger partial charge in [-0.25, -0.2) is 8.42 Å². The topological polar surface area (TPSA) is 75.7 Å². The molecule has 0 saturated carbocycles. The van der Waals surface area contributed by atoms with Crippen molar-refractivity contribution in [1.82, 2.24) is 5.32 Å². The quantitative estimate of drug-likeness (QED) is 0.610. The van der Waals surface area contributed by atoms with E-state index in [0.29, 0.717) is 30.9 Å². The van der Waals surface area contributed by atoms with E-state index in [0.717, 1.165) is 17.4 Å². The van der Waals surface area contributed by atoms with E-state index in [4.69, 9.17) is 4.74 Å². The number of nitrogens with one attached hydrogen (secondary N) is 1. The average molecular weight is 433 g/mol. The molecule has 0 saturated heterocycles. The minimum absolute atomic E-state index is 0.186. The summed E-state index contributed by atoms with van der Waals surface area (Å²) in [5.41, 5.74) is 2.58. The van der Waals surface area contributed by atoms with Gasteiger partial charge in [0.15, 0.2) is 0 Å². The Morgan fingerprint density at radius 3 is 2.07 bits per heavy atom. The predicted molar refractivity (Wildman–Crippen MR) is 121 cm³/mol. The van der Waals surface area contributed by atoms with Crippen LogP contribution in [0.2, 0.25) is 0 Å². The molecule has 0 fully saturated rings. The number of anilines is 1. The molecule has 1 amide bonds. The molecule has 164 valence electrons. The summed E-state index contributed by atoms with van der Waals surface area (Å²) in [4.78, 5) is 13.2. The third kappa shape index (κ3) is 5.98. The Balaban J connectivity index is 2.31. The van der Waals surface area contributed by atoms with Gasteiger partial charge in [-0.2, -0.15) is 0 Å². The van der Waals surface area contributed by atoms with Crippen LogP contribution in [0.3, 0.4) is 0 Å². The van der Waals surface area contributed by atoms with E-state index in [2.05, 4.69) is 5.32 Å². The fourth-order valence-electron chi connectivity index (χ4n) is 3.40. The number of benzene rings is 2. The molecule has 2 aromatic rings. The zero-order valence-corrected chi connectivity index (χ0v) is 19.2. The highest BCUT2D eigenvalue weighted by Crippen LogP contribution is 2.26. The van der Waals surface area contributed by atoms with Crippen LogP contribution in [0.25, 0.3) is 0 Å². The maximum absolute atomic E-state index is 13.2. The molecule has 6 nitrogen and oxygen atoms in total. The molecule has 2 atom stereocenters. The van der Waals surface area contributed by atoms with Gasteiger partial charge in [0, 0.05) is 0 Å².